The van der Waals surface area contributed by atoms with E-state index in [1.54, 1.807) is 10.7 Å². The van der Waals surface area contributed by atoms with Crippen LogP contribution in [0.2, 0.25) is 0 Å². The van der Waals surface area contributed by atoms with Crippen LogP contribution in [0.25, 0.3) is 0 Å². The molecule has 2 heterocycles. The van der Waals surface area contributed by atoms with Crippen molar-refractivity contribution >= 4 is 11.7 Å². The highest BCUT2D eigenvalue weighted by atomic mass is 16.5. The molecule has 0 aliphatic heterocycles. The lowest BCUT2D eigenvalue weighted by molar-refractivity contribution is 0.0600. The zero-order valence-corrected chi connectivity index (χ0v) is 10.6. The number of nitrogens with zero attached hydrogens (tertiary/aromatic N) is 2. The molecule has 2 aromatic rings. The third kappa shape index (κ3) is 2.53. The lowest BCUT2D eigenvalue weighted by Crippen LogP contribution is -2.00. The van der Waals surface area contributed by atoms with E-state index in [0.29, 0.717) is 17.9 Å². The largest absolute Gasteiger partial charge is 0.467 e. The number of hydrogen-bond acceptors (Lipinski definition) is 5. The number of anilines is 1. The van der Waals surface area contributed by atoms with E-state index in [9.17, 15) is 4.79 Å². The summed E-state index contributed by atoms with van der Waals surface area (Å²) in [5.74, 6) is 0.265. The van der Waals surface area contributed by atoms with Crippen molar-refractivity contribution in [3.8, 4) is 0 Å². The number of hydrogen-bond donors (Lipinski definition) is 1. The molecule has 2 aromatic heterocycles. The van der Waals surface area contributed by atoms with E-state index in [2.05, 4.69) is 15.2 Å². The molecule has 0 atom stereocenters. The highest BCUT2D eigenvalue weighted by molar-refractivity contribution is 5.88. The van der Waals surface area contributed by atoms with Gasteiger partial charge in [0.15, 0.2) is 0 Å². The van der Waals surface area contributed by atoms with Gasteiger partial charge in [0.1, 0.15) is 12.0 Å². The molecule has 0 aromatic carbocycles. The molecular weight excluding hydrogens is 234 g/mol. The normalized spacial score (nSPS) is 10.4. The van der Waals surface area contributed by atoms with Crippen LogP contribution in [-0.4, -0.2) is 22.9 Å². The highest BCUT2D eigenvalue weighted by Crippen LogP contribution is 2.15. The number of esters is 1. The Morgan fingerprint density at radius 1 is 1.61 bits per heavy atom. The molecule has 0 saturated heterocycles. The Morgan fingerprint density at radius 2 is 2.39 bits per heavy atom. The van der Waals surface area contributed by atoms with Crippen molar-refractivity contribution in [2.45, 2.75) is 13.5 Å². The smallest absolute Gasteiger partial charge is 0.341 e. The third-order valence-electron chi connectivity index (χ3n) is 2.54. The fourth-order valence-electron chi connectivity index (χ4n) is 1.65. The van der Waals surface area contributed by atoms with Crippen molar-refractivity contribution in [3.05, 3.63) is 35.5 Å². The van der Waals surface area contributed by atoms with Gasteiger partial charge < -0.3 is 14.5 Å². The van der Waals surface area contributed by atoms with Crippen molar-refractivity contribution in [1.82, 2.24) is 9.78 Å². The summed E-state index contributed by atoms with van der Waals surface area (Å²) in [7, 11) is 3.20. The van der Waals surface area contributed by atoms with Gasteiger partial charge in [0.2, 0.25) is 0 Å². The SMILES string of the molecule is COC(=O)c1coc(CNc2cn(C)nc2C)c1. The molecule has 6 nitrogen and oxygen atoms in total. The van der Waals surface area contributed by atoms with E-state index in [4.69, 9.17) is 4.42 Å². The number of aryl methyl sites for hydroxylation is 2. The Labute approximate surface area is 105 Å². The molecule has 0 fully saturated rings. The van der Waals surface area contributed by atoms with Gasteiger partial charge in [-0.05, 0) is 13.0 Å². The molecular formula is C12H15N3O3. The van der Waals surface area contributed by atoms with Crippen LogP contribution in [0.3, 0.4) is 0 Å². The second kappa shape index (κ2) is 4.95. The van der Waals surface area contributed by atoms with Crippen LogP contribution in [-0.2, 0) is 18.3 Å². The second-order valence-corrected chi connectivity index (χ2v) is 3.95. The first-order valence-corrected chi connectivity index (χ1v) is 5.50. The third-order valence-corrected chi connectivity index (χ3v) is 2.54. The van der Waals surface area contributed by atoms with Crippen LogP contribution in [0.15, 0.2) is 22.9 Å². The Morgan fingerprint density at radius 3 is 3.00 bits per heavy atom. The summed E-state index contributed by atoms with van der Waals surface area (Å²) in [6, 6.07) is 1.66. The number of nitrogens with one attached hydrogen (secondary N) is 1. The minimum Gasteiger partial charge on any atom is -0.467 e. The molecule has 96 valence electrons. The second-order valence-electron chi connectivity index (χ2n) is 3.95. The molecule has 6 heteroatoms. The van der Waals surface area contributed by atoms with Crippen LogP contribution in [0.5, 0.6) is 0 Å². The number of carbonyl (C=O) groups excluding carboxylic acids is 1. The molecule has 0 radical (unpaired) electrons. The van der Waals surface area contributed by atoms with Gasteiger partial charge in [-0.15, -0.1) is 0 Å². The van der Waals surface area contributed by atoms with Crippen molar-refractivity contribution in [2.24, 2.45) is 7.05 Å². The Balaban J connectivity index is 2.00. The van der Waals surface area contributed by atoms with E-state index in [0.717, 1.165) is 11.4 Å². The maximum Gasteiger partial charge on any atom is 0.341 e. The van der Waals surface area contributed by atoms with E-state index in [-0.39, 0.29) is 0 Å². The molecule has 0 unspecified atom stereocenters. The molecule has 0 bridgehead atoms. The molecule has 1 N–H and O–H groups in total. The zero-order chi connectivity index (χ0) is 13.1. The van der Waals surface area contributed by atoms with Gasteiger partial charge in [-0.2, -0.15) is 5.10 Å². The van der Waals surface area contributed by atoms with Gasteiger partial charge >= 0.3 is 5.97 Å². The summed E-state index contributed by atoms with van der Waals surface area (Å²) in [6.07, 6.45) is 3.28. The van der Waals surface area contributed by atoms with Crippen LogP contribution in [0.1, 0.15) is 21.8 Å². The van der Waals surface area contributed by atoms with Crippen molar-refractivity contribution < 1.29 is 13.9 Å². The quantitative estimate of drug-likeness (QED) is 0.835. The van der Waals surface area contributed by atoms with Gasteiger partial charge in [-0.25, -0.2) is 4.79 Å². The Hall–Kier alpha value is -2.24. The molecule has 18 heavy (non-hydrogen) atoms. The highest BCUT2D eigenvalue weighted by Gasteiger charge is 2.10. The van der Waals surface area contributed by atoms with Gasteiger partial charge in [0, 0.05) is 13.2 Å². The number of ether oxygens (including phenoxy) is 1. The number of methoxy groups -OCH3 is 1. The minimum atomic E-state index is -0.400. The molecule has 0 saturated carbocycles. The van der Waals surface area contributed by atoms with Crippen LogP contribution in [0, 0.1) is 6.92 Å². The number of aromatic nitrogens is 2. The zero-order valence-electron chi connectivity index (χ0n) is 10.6. The predicted molar refractivity (Wildman–Crippen MR) is 65.3 cm³/mol. The standard InChI is InChI=1S/C12H15N3O3/c1-8-11(6-15(2)14-8)13-5-10-4-9(7-18-10)12(16)17-3/h4,6-7,13H,5H2,1-3H3. The summed E-state index contributed by atoms with van der Waals surface area (Å²) >= 11 is 0. The molecule has 2 rings (SSSR count). The van der Waals surface area contributed by atoms with Crippen molar-refractivity contribution in [1.29, 1.82) is 0 Å². The van der Waals surface area contributed by atoms with E-state index < -0.39 is 5.97 Å². The predicted octanol–water partition coefficient (Wildman–Crippen LogP) is 1.72. The molecule has 0 aliphatic rings. The van der Waals surface area contributed by atoms with Gasteiger partial charge in [-0.1, -0.05) is 0 Å². The molecule has 0 aliphatic carbocycles. The number of carbonyl (C=O) groups is 1. The van der Waals surface area contributed by atoms with E-state index in [1.807, 2.05) is 20.2 Å². The van der Waals surface area contributed by atoms with Crippen molar-refractivity contribution in [3.63, 3.8) is 0 Å². The maximum absolute atomic E-state index is 11.2. The Kier molecular flexibility index (Phi) is 3.36. The number of rotatable bonds is 4. The van der Waals surface area contributed by atoms with Gasteiger partial charge in [0.05, 0.1) is 30.6 Å². The summed E-state index contributed by atoms with van der Waals surface area (Å²) in [4.78, 5) is 11.2. The lowest BCUT2D eigenvalue weighted by Gasteiger charge is -2.00. The summed E-state index contributed by atoms with van der Waals surface area (Å²) in [5.41, 5.74) is 2.27. The topological polar surface area (TPSA) is 69.3 Å². The fraction of sp³-hybridized carbons (Fsp3) is 0.333. The first-order chi connectivity index (χ1) is 8.60. The first kappa shape index (κ1) is 12.2. The van der Waals surface area contributed by atoms with Crippen LogP contribution in [0.4, 0.5) is 5.69 Å². The fourth-order valence-corrected chi connectivity index (χ4v) is 1.65. The van der Waals surface area contributed by atoms with Crippen LogP contribution < -0.4 is 5.32 Å². The van der Waals surface area contributed by atoms with Crippen molar-refractivity contribution in [2.75, 3.05) is 12.4 Å². The summed E-state index contributed by atoms with van der Waals surface area (Å²) < 4.78 is 11.6. The van der Waals surface area contributed by atoms with E-state index >= 15 is 0 Å². The maximum atomic E-state index is 11.2. The average molecular weight is 249 g/mol. The lowest BCUT2D eigenvalue weighted by atomic mass is 10.3. The first-order valence-electron chi connectivity index (χ1n) is 5.50. The monoisotopic (exact) mass is 249 g/mol. The molecule has 0 spiro atoms. The van der Waals surface area contributed by atoms with Crippen LogP contribution >= 0.6 is 0 Å². The minimum absolute atomic E-state index is 0.400. The Bertz CT molecular complexity index is 557. The van der Waals surface area contributed by atoms with E-state index in [1.165, 1.54) is 13.4 Å². The average Bonchev–Trinajstić information content (AvgIpc) is 2.92. The summed E-state index contributed by atoms with van der Waals surface area (Å²) in [5, 5.41) is 7.41. The summed E-state index contributed by atoms with van der Waals surface area (Å²) in [6.45, 7) is 2.41. The number of furan rings is 1. The van der Waals surface area contributed by atoms with Gasteiger partial charge in [0.25, 0.3) is 0 Å². The van der Waals surface area contributed by atoms with Gasteiger partial charge in [-0.3, -0.25) is 4.68 Å². The molecule has 0 amide bonds.